The predicted octanol–water partition coefficient (Wildman–Crippen LogP) is 3.29. The third kappa shape index (κ3) is 4.04. The number of carbonyl (C=O) groups is 1. The molecule has 1 aliphatic heterocycles. The van der Waals surface area contributed by atoms with Crippen molar-refractivity contribution in [1.29, 1.82) is 0 Å². The Bertz CT molecular complexity index is 912. The molecule has 1 aromatic carbocycles. The Hall–Kier alpha value is -1.86. The molecule has 6 nitrogen and oxygen atoms in total. The van der Waals surface area contributed by atoms with Crippen LogP contribution < -0.4 is 5.32 Å². The van der Waals surface area contributed by atoms with E-state index in [0.29, 0.717) is 24.4 Å². The van der Waals surface area contributed by atoms with E-state index in [1.807, 2.05) is 43.7 Å². The number of sulfonamides is 1. The van der Waals surface area contributed by atoms with E-state index in [0.717, 1.165) is 30.2 Å². The van der Waals surface area contributed by atoms with Crippen molar-refractivity contribution in [3.63, 3.8) is 0 Å². The van der Waals surface area contributed by atoms with Crippen LogP contribution in [0.5, 0.6) is 0 Å². The Morgan fingerprint density at radius 2 is 1.85 bits per heavy atom. The number of nitrogens with one attached hydrogen (secondary N) is 1. The maximum Gasteiger partial charge on any atom is 0.243 e. The summed E-state index contributed by atoms with van der Waals surface area (Å²) in [6.45, 7) is 7.04. The molecule has 0 radical (unpaired) electrons. The van der Waals surface area contributed by atoms with Crippen LogP contribution >= 0.6 is 0 Å². The average molecular weight is 392 g/mol. The van der Waals surface area contributed by atoms with Gasteiger partial charge in [0.1, 0.15) is 6.04 Å². The van der Waals surface area contributed by atoms with Gasteiger partial charge in [0.25, 0.3) is 0 Å². The van der Waals surface area contributed by atoms with Gasteiger partial charge in [-0.3, -0.25) is 4.79 Å². The van der Waals surface area contributed by atoms with Gasteiger partial charge in [0.15, 0.2) is 0 Å². The Morgan fingerprint density at radius 1 is 1.15 bits per heavy atom. The monoisotopic (exact) mass is 391 g/mol. The molecule has 3 rings (SSSR count). The summed E-state index contributed by atoms with van der Waals surface area (Å²) >= 11 is 0. The Kier molecular flexibility index (Phi) is 5.91. The highest BCUT2D eigenvalue weighted by molar-refractivity contribution is 7.89. The summed E-state index contributed by atoms with van der Waals surface area (Å²) in [5.74, 6) is -0.0185. The molecule has 0 spiro atoms. The van der Waals surface area contributed by atoms with Crippen LogP contribution in [0, 0.1) is 0 Å². The molecule has 0 saturated carbocycles. The van der Waals surface area contributed by atoms with Crippen LogP contribution in [-0.4, -0.2) is 42.3 Å². The van der Waals surface area contributed by atoms with E-state index >= 15 is 0 Å². The molecule has 1 fully saturated rings. The highest BCUT2D eigenvalue weighted by Gasteiger charge is 2.27. The number of carbonyl (C=O) groups excluding carboxylic acids is 1. The lowest BCUT2D eigenvalue weighted by Crippen LogP contribution is -2.36. The minimum Gasteiger partial charge on any atom is -0.352 e. The molecule has 0 bridgehead atoms. The molecule has 2 aromatic rings. The number of rotatable bonds is 6. The molecule has 7 heteroatoms. The fraction of sp³-hybridized carbons (Fsp3) is 0.550. The normalized spacial score (nSPS) is 17.3. The maximum atomic E-state index is 12.9. The van der Waals surface area contributed by atoms with Gasteiger partial charge in [-0.05, 0) is 57.4 Å². The Labute approximate surface area is 161 Å². The van der Waals surface area contributed by atoms with Crippen LogP contribution in [0.1, 0.15) is 52.5 Å². The molecule has 148 valence electrons. The fourth-order valence-electron chi connectivity index (χ4n) is 3.72. The number of benzene rings is 1. The largest absolute Gasteiger partial charge is 0.352 e. The van der Waals surface area contributed by atoms with Gasteiger partial charge in [-0.15, -0.1) is 0 Å². The molecule has 27 heavy (non-hydrogen) atoms. The van der Waals surface area contributed by atoms with Gasteiger partial charge >= 0.3 is 0 Å². The van der Waals surface area contributed by atoms with Gasteiger partial charge in [-0.2, -0.15) is 4.31 Å². The number of fused-ring (bicyclic) bond motifs is 1. The first-order chi connectivity index (χ1) is 12.8. The zero-order chi connectivity index (χ0) is 19.6. The van der Waals surface area contributed by atoms with Crippen molar-refractivity contribution in [3.8, 4) is 0 Å². The zero-order valence-electron chi connectivity index (χ0n) is 16.3. The van der Waals surface area contributed by atoms with E-state index in [4.69, 9.17) is 0 Å². The van der Waals surface area contributed by atoms with E-state index in [1.54, 1.807) is 16.4 Å². The van der Waals surface area contributed by atoms with Crippen LogP contribution in [0.2, 0.25) is 0 Å². The second kappa shape index (κ2) is 8.02. The van der Waals surface area contributed by atoms with E-state index < -0.39 is 10.0 Å². The first-order valence-electron chi connectivity index (χ1n) is 9.75. The van der Waals surface area contributed by atoms with Gasteiger partial charge in [0.05, 0.1) is 4.90 Å². The number of hydrogen-bond acceptors (Lipinski definition) is 3. The third-order valence-electron chi connectivity index (χ3n) is 5.10. The summed E-state index contributed by atoms with van der Waals surface area (Å²) in [7, 11) is -3.46. The third-order valence-corrected chi connectivity index (χ3v) is 7.00. The molecule has 1 amide bonds. The summed E-state index contributed by atoms with van der Waals surface area (Å²) in [5.41, 5.74) is 0.873. The second-order valence-electron chi connectivity index (χ2n) is 7.50. The van der Waals surface area contributed by atoms with Gasteiger partial charge < -0.3 is 9.88 Å². The molecule has 1 atom stereocenters. The van der Waals surface area contributed by atoms with Crippen LogP contribution in [0.3, 0.4) is 0 Å². The summed E-state index contributed by atoms with van der Waals surface area (Å²) in [5, 5.41) is 3.80. The predicted molar refractivity (Wildman–Crippen MR) is 107 cm³/mol. The fourth-order valence-corrected chi connectivity index (χ4v) is 5.27. The summed E-state index contributed by atoms with van der Waals surface area (Å²) in [6, 6.07) is 6.86. The smallest absolute Gasteiger partial charge is 0.243 e. The Morgan fingerprint density at radius 3 is 2.48 bits per heavy atom. The van der Waals surface area contributed by atoms with Crippen molar-refractivity contribution < 1.29 is 13.2 Å². The molecule has 0 unspecified atom stereocenters. The van der Waals surface area contributed by atoms with E-state index in [2.05, 4.69) is 5.32 Å². The number of piperidine rings is 1. The zero-order valence-corrected chi connectivity index (χ0v) is 17.1. The molecule has 1 aromatic heterocycles. The molecule has 1 aliphatic rings. The highest BCUT2D eigenvalue weighted by atomic mass is 32.2. The van der Waals surface area contributed by atoms with Crippen molar-refractivity contribution in [1.82, 2.24) is 14.2 Å². The lowest BCUT2D eigenvalue weighted by Gasteiger charge is -2.26. The van der Waals surface area contributed by atoms with E-state index in [-0.39, 0.29) is 18.0 Å². The molecular formula is C20H29N3O3S. The van der Waals surface area contributed by atoms with E-state index in [9.17, 15) is 13.2 Å². The van der Waals surface area contributed by atoms with Crippen molar-refractivity contribution in [3.05, 3.63) is 30.5 Å². The van der Waals surface area contributed by atoms with Crippen molar-refractivity contribution in [2.24, 2.45) is 0 Å². The first-order valence-corrected chi connectivity index (χ1v) is 11.2. The van der Waals surface area contributed by atoms with Crippen molar-refractivity contribution in [2.45, 2.75) is 63.4 Å². The lowest BCUT2D eigenvalue weighted by molar-refractivity contribution is -0.124. The van der Waals surface area contributed by atoms with Crippen LogP contribution in [0.25, 0.3) is 10.9 Å². The highest BCUT2D eigenvalue weighted by Crippen LogP contribution is 2.27. The molecule has 1 N–H and O–H groups in total. The Balaban J connectivity index is 1.93. The molecular weight excluding hydrogens is 362 g/mol. The number of amides is 1. The van der Waals surface area contributed by atoms with Crippen LogP contribution in [0.15, 0.2) is 35.4 Å². The summed E-state index contributed by atoms with van der Waals surface area (Å²) in [4.78, 5) is 12.9. The quantitative estimate of drug-likeness (QED) is 0.821. The van der Waals surface area contributed by atoms with Crippen LogP contribution in [0.4, 0.5) is 0 Å². The van der Waals surface area contributed by atoms with Crippen LogP contribution in [-0.2, 0) is 14.8 Å². The molecule has 1 saturated heterocycles. The number of hydrogen-bond donors (Lipinski definition) is 1. The minimum atomic E-state index is -3.46. The lowest BCUT2D eigenvalue weighted by atomic mass is 10.2. The van der Waals surface area contributed by atoms with Gasteiger partial charge in [0, 0.05) is 36.2 Å². The van der Waals surface area contributed by atoms with Crippen molar-refractivity contribution >= 4 is 26.8 Å². The minimum absolute atomic E-state index is 0.0185. The summed E-state index contributed by atoms with van der Waals surface area (Å²) in [6.07, 6.45) is 5.46. The standard InChI is InChI=1S/C20H29N3O3S/c1-4-18(20(24)21-15(2)3)23-13-10-16-14-17(8-9-19(16)23)27(25,26)22-11-6-5-7-12-22/h8-10,13-15,18H,4-7,11-12H2,1-3H3,(H,21,24)/t18-/m0/s1. The van der Waals surface area contributed by atoms with Crippen molar-refractivity contribution in [2.75, 3.05) is 13.1 Å². The molecule has 2 heterocycles. The maximum absolute atomic E-state index is 12.9. The van der Waals surface area contributed by atoms with Gasteiger partial charge in [0.2, 0.25) is 15.9 Å². The average Bonchev–Trinajstić information content (AvgIpc) is 3.05. The second-order valence-corrected chi connectivity index (χ2v) is 9.43. The number of aromatic nitrogens is 1. The summed E-state index contributed by atoms with van der Waals surface area (Å²) < 4.78 is 29.3. The number of nitrogens with zero attached hydrogens (tertiary/aromatic N) is 2. The van der Waals surface area contributed by atoms with E-state index in [1.165, 1.54) is 0 Å². The first kappa shape index (κ1) is 19.9. The molecule has 0 aliphatic carbocycles. The topological polar surface area (TPSA) is 71.4 Å². The van der Waals surface area contributed by atoms with Gasteiger partial charge in [-0.1, -0.05) is 13.3 Å². The van der Waals surface area contributed by atoms with Gasteiger partial charge in [-0.25, -0.2) is 8.42 Å². The SMILES string of the molecule is CC[C@@H](C(=O)NC(C)C)n1ccc2cc(S(=O)(=O)N3CCCCC3)ccc21.